The van der Waals surface area contributed by atoms with E-state index in [0.717, 1.165) is 12.8 Å². The molecule has 0 saturated heterocycles. The van der Waals surface area contributed by atoms with Gasteiger partial charge in [-0.15, -0.1) is 0 Å². The second kappa shape index (κ2) is 5.54. The second-order valence-electron chi connectivity index (χ2n) is 3.56. The van der Waals surface area contributed by atoms with Crippen LogP contribution in [0.15, 0.2) is 0 Å². The summed E-state index contributed by atoms with van der Waals surface area (Å²) < 4.78 is 23.7. The fourth-order valence-electron chi connectivity index (χ4n) is 0.935. The molecule has 0 aliphatic heterocycles. The summed E-state index contributed by atoms with van der Waals surface area (Å²) >= 11 is 0. The minimum Gasteiger partial charge on any atom is -0.215 e. The molecule has 0 radical (unpaired) electrons. The summed E-state index contributed by atoms with van der Waals surface area (Å²) in [5, 5.41) is 0. The van der Waals surface area contributed by atoms with Gasteiger partial charge in [0.25, 0.3) is 0 Å². The highest BCUT2D eigenvalue weighted by Crippen LogP contribution is 2.04. The summed E-state index contributed by atoms with van der Waals surface area (Å²) in [5.74, 6) is 0.711. The third-order valence-corrected chi connectivity index (χ3v) is 2.30. The van der Waals surface area contributed by atoms with Crippen molar-refractivity contribution in [3.63, 3.8) is 0 Å². The van der Waals surface area contributed by atoms with Crippen LogP contribution in [-0.4, -0.2) is 21.2 Å². The molecule has 4 heteroatoms. The quantitative estimate of drug-likeness (QED) is 0.647. The van der Waals surface area contributed by atoms with Crippen LogP contribution < -0.4 is 4.72 Å². The van der Waals surface area contributed by atoms with Crippen LogP contribution in [0.2, 0.25) is 0 Å². The molecule has 0 spiro atoms. The molecule has 0 atom stereocenters. The summed E-state index contributed by atoms with van der Waals surface area (Å²) in [5.41, 5.74) is 0. The number of nitrogens with one attached hydrogen (secondary N) is 1. The van der Waals surface area contributed by atoms with Gasteiger partial charge in [0.15, 0.2) is 0 Å². The minimum absolute atomic E-state index is 0.575. The number of rotatable bonds is 6. The lowest BCUT2D eigenvalue weighted by Gasteiger charge is -2.04. The Kier molecular flexibility index (Phi) is 5.50. The van der Waals surface area contributed by atoms with E-state index >= 15 is 0 Å². The molecule has 0 aromatic heterocycles. The molecule has 0 aliphatic rings. The van der Waals surface area contributed by atoms with Crippen LogP contribution in [0.25, 0.3) is 0 Å². The highest BCUT2D eigenvalue weighted by atomic mass is 32.2. The lowest BCUT2D eigenvalue weighted by molar-refractivity contribution is 0.531. The third kappa shape index (κ3) is 9.91. The number of sulfonamides is 1. The van der Waals surface area contributed by atoms with E-state index in [1.807, 2.05) is 0 Å². The molecule has 0 aromatic rings. The Balaban J connectivity index is 3.23. The molecule has 3 nitrogen and oxygen atoms in total. The fourth-order valence-corrected chi connectivity index (χ4v) is 1.45. The topological polar surface area (TPSA) is 46.2 Å². The molecular formula is C8H19NO2S. The second-order valence-corrected chi connectivity index (χ2v) is 5.39. The lowest BCUT2D eigenvalue weighted by atomic mass is 10.1. The Hall–Kier alpha value is -0.0900. The van der Waals surface area contributed by atoms with Crippen molar-refractivity contribution in [1.29, 1.82) is 0 Å². The Morgan fingerprint density at radius 1 is 1.25 bits per heavy atom. The first-order valence-electron chi connectivity index (χ1n) is 4.36. The number of hydrogen-bond donors (Lipinski definition) is 1. The van der Waals surface area contributed by atoms with Crippen molar-refractivity contribution in [1.82, 2.24) is 4.72 Å². The molecule has 0 bridgehead atoms. The molecule has 0 aromatic carbocycles. The van der Waals surface area contributed by atoms with E-state index in [1.165, 1.54) is 12.7 Å². The van der Waals surface area contributed by atoms with Gasteiger partial charge in [0, 0.05) is 6.54 Å². The Morgan fingerprint density at radius 2 is 1.83 bits per heavy atom. The highest BCUT2D eigenvalue weighted by molar-refractivity contribution is 7.88. The van der Waals surface area contributed by atoms with Gasteiger partial charge >= 0.3 is 0 Å². The largest absolute Gasteiger partial charge is 0.215 e. The maximum absolute atomic E-state index is 10.6. The van der Waals surface area contributed by atoms with E-state index in [4.69, 9.17) is 0 Å². The molecular weight excluding hydrogens is 174 g/mol. The molecule has 0 aliphatic carbocycles. The molecule has 0 rings (SSSR count). The Bertz CT molecular complexity index is 197. The third-order valence-electron chi connectivity index (χ3n) is 1.57. The van der Waals surface area contributed by atoms with Gasteiger partial charge in [-0.1, -0.05) is 26.7 Å². The monoisotopic (exact) mass is 193 g/mol. The molecule has 0 heterocycles. The van der Waals surface area contributed by atoms with Crippen LogP contribution >= 0.6 is 0 Å². The van der Waals surface area contributed by atoms with Crippen molar-refractivity contribution in [3.05, 3.63) is 0 Å². The smallest absolute Gasteiger partial charge is 0.208 e. The predicted molar refractivity (Wildman–Crippen MR) is 51.5 cm³/mol. The minimum atomic E-state index is -2.97. The van der Waals surface area contributed by atoms with E-state index in [2.05, 4.69) is 18.6 Å². The maximum atomic E-state index is 10.6. The van der Waals surface area contributed by atoms with Crippen molar-refractivity contribution < 1.29 is 8.42 Å². The van der Waals surface area contributed by atoms with E-state index in [0.29, 0.717) is 12.5 Å². The van der Waals surface area contributed by atoms with Crippen LogP contribution in [0.3, 0.4) is 0 Å². The zero-order chi connectivity index (χ0) is 9.61. The molecule has 12 heavy (non-hydrogen) atoms. The Morgan fingerprint density at radius 3 is 2.25 bits per heavy atom. The maximum Gasteiger partial charge on any atom is 0.208 e. The predicted octanol–water partition coefficient (Wildman–Crippen LogP) is 1.36. The molecule has 0 fully saturated rings. The van der Waals surface area contributed by atoms with E-state index in [9.17, 15) is 8.42 Å². The fraction of sp³-hybridized carbons (Fsp3) is 1.00. The molecule has 0 unspecified atom stereocenters. The van der Waals surface area contributed by atoms with Crippen LogP contribution in [0.4, 0.5) is 0 Å². The highest BCUT2D eigenvalue weighted by Gasteiger charge is 1.99. The van der Waals surface area contributed by atoms with Gasteiger partial charge in [-0.2, -0.15) is 0 Å². The average Bonchev–Trinajstić information content (AvgIpc) is 1.83. The standard InChI is InChI=1S/C8H19NO2S/c1-8(2)6-4-5-7-9-12(3,10)11/h8-9H,4-7H2,1-3H3. The van der Waals surface area contributed by atoms with E-state index in [-0.39, 0.29) is 0 Å². The zero-order valence-corrected chi connectivity index (χ0v) is 8.95. The molecule has 74 valence electrons. The first kappa shape index (κ1) is 11.9. The van der Waals surface area contributed by atoms with Crippen molar-refractivity contribution in [2.24, 2.45) is 5.92 Å². The van der Waals surface area contributed by atoms with Crippen LogP contribution in [0.1, 0.15) is 33.1 Å². The number of unbranched alkanes of at least 4 members (excludes halogenated alkanes) is 1. The van der Waals surface area contributed by atoms with Gasteiger partial charge in [0.05, 0.1) is 6.26 Å². The van der Waals surface area contributed by atoms with Crippen molar-refractivity contribution in [2.45, 2.75) is 33.1 Å². The van der Waals surface area contributed by atoms with Gasteiger partial charge in [0.2, 0.25) is 10.0 Å². The first-order valence-corrected chi connectivity index (χ1v) is 6.25. The summed E-state index contributed by atoms with van der Waals surface area (Å²) in [7, 11) is -2.97. The Labute approximate surface area is 75.6 Å². The van der Waals surface area contributed by atoms with E-state index in [1.54, 1.807) is 0 Å². The molecule has 0 saturated carbocycles. The normalized spacial score (nSPS) is 12.3. The van der Waals surface area contributed by atoms with Gasteiger partial charge in [-0.05, 0) is 12.3 Å². The van der Waals surface area contributed by atoms with Crippen molar-refractivity contribution >= 4 is 10.0 Å². The number of hydrogen-bond acceptors (Lipinski definition) is 2. The van der Waals surface area contributed by atoms with Crippen LogP contribution in [0.5, 0.6) is 0 Å². The van der Waals surface area contributed by atoms with Crippen molar-refractivity contribution in [2.75, 3.05) is 12.8 Å². The first-order chi connectivity index (χ1) is 5.42. The molecule has 1 N–H and O–H groups in total. The van der Waals surface area contributed by atoms with Crippen LogP contribution in [-0.2, 0) is 10.0 Å². The van der Waals surface area contributed by atoms with Gasteiger partial charge in [0.1, 0.15) is 0 Å². The van der Waals surface area contributed by atoms with Gasteiger partial charge in [-0.25, -0.2) is 13.1 Å². The van der Waals surface area contributed by atoms with Crippen LogP contribution in [0, 0.1) is 5.92 Å². The van der Waals surface area contributed by atoms with Gasteiger partial charge in [-0.3, -0.25) is 0 Å². The van der Waals surface area contributed by atoms with E-state index < -0.39 is 10.0 Å². The van der Waals surface area contributed by atoms with Crippen molar-refractivity contribution in [3.8, 4) is 0 Å². The summed E-state index contributed by atoms with van der Waals surface area (Å²) in [4.78, 5) is 0. The van der Waals surface area contributed by atoms with Gasteiger partial charge < -0.3 is 0 Å². The average molecular weight is 193 g/mol. The summed E-state index contributed by atoms with van der Waals surface area (Å²) in [6.45, 7) is 4.92. The summed E-state index contributed by atoms with van der Waals surface area (Å²) in [6.07, 6.45) is 4.40. The lowest BCUT2D eigenvalue weighted by Crippen LogP contribution is -2.22. The SMILES string of the molecule is CC(C)CCCCNS(C)(=O)=O. The summed E-state index contributed by atoms with van der Waals surface area (Å²) in [6, 6.07) is 0. The molecule has 0 amide bonds. The zero-order valence-electron chi connectivity index (χ0n) is 8.13.